The Bertz CT molecular complexity index is 413. The molecule has 0 radical (unpaired) electrons. The number of benzene rings is 1. The van der Waals surface area contributed by atoms with E-state index in [0.29, 0.717) is 0 Å². The van der Waals surface area contributed by atoms with Gasteiger partial charge in [-0.3, -0.25) is 0 Å². The van der Waals surface area contributed by atoms with Gasteiger partial charge < -0.3 is 5.32 Å². The third-order valence-electron chi connectivity index (χ3n) is 4.57. The SMILES string of the molecule is CC1CCC(CCNCC(C#N)c2ccccc2)CC1. The lowest BCUT2D eigenvalue weighted by atomic mass is 9.81. The molecule has 2 nitrogen and oxygen atoms in total. The number of hydrogen-bond acceptors (Lipinski definition) is 2. The van der Waals surface area contributed by atoms with E-state index in [2.05, 4.69) is 18.3 Å². The average molecular weight is 270 g/mol. The Labute approximate surface area is 123 Å². The molecule has 0 spiro atoms. The van der Waals surface area contributed by atoms with Crippen molar-refractivity contribution < 1.29 is 0 Å². The van der Waals surface area contributed by atoms with Gasteiger partial charge in [-0.05, 0) is 30.4 Å². The van der Waals surface area contributed by atoms with Crippen LogP contribution in [0.3, 0.4) is 0 Å². The highest BCUT2D eigenvalue weighted by Crippen LogP contribution is 2.29. The molecule has 0 aliphatic heterocycles. The highest BCUT2D eigenvalue weighted by atomic mass is 14.9. The molecule has 1 aromatic rings. The highest BCUT2D eigenvalue weighted by molar-refractivity contribution is 5.24. The minimum atomic E-state index is -0.0254. The Balaban J connectivity index is 1.66. The zero-order valence-electron chi connectivity index (χ0n) is 12.5. The van der Waals surface area contributed by atoms with Gasteiger partial charge in [-0.25, -0.2) is 0 Å². The minimum absolute atomic E-state index is 0.0254. The van der Waals surface area contributed by atoms with Gasteiger partial charge in [-0.15, -0.1) is 0 Å². The van der Waals surface area contributed by atoms with Gasteiger partial charge in [0.15, 0.2) is 0 Å². The first-order valence-corrected chi connectivity index (χ1v) is 7.95. The Morgan fingerprint density at radius 1 is 1.20 bits per heavy atom. The van der Waals surface area contributed by atoms with Crippen LogP contribution >= 0.6 is 0 Å². The molecular formula is C18H26N2. The van der Waals surface area contributed by atoms with Crippen LogP contribution in [0.25, 0.3) is 0 Å². The maximum Gasteiger partial charge on any atom is 0.0837 e. The largest absolute Gasteiger partial charge is 0.315 e. The second-order valence-corrected chi connectivity index (χ2v) is 6.21. The summed E-state index contributed by atoms with van der Waals surface area (Å²) in [5.41, 5.74) is 1.12. The topological polar surface area (TPSA) is 35.8 Å². The van der Waals surface area contributed by atoms with Crippen molar-refractivity contribution in [2.75, 3.05) is 13.1 Å². The van der Waals surface area contributed by atoms with Crippen LogP contribution in [0.2, 0.25) is 0 Å². The molecule has 2 heteroatoms. The summed E-state index contributed by atoms with van der Waals surface area (Å²) in [6.45, 7) is 4.18. The normalized spacial score (nSPS) is 24.0. The summed E-state index contributed by atoms with van der Waals surface area (Å²) in [6, 6.07) is 12.5. The molecule has 0 heterocycles. The third kappa shape index (κ3) is 4.65. The summed E-state index contributed by atoms with van der Waals surface area (Å²) in [4.78, 5) is 0. The molecule has 2 rings (SSSR count). The van der Waals surface area contributed by atoms with Crippen molar-refractivity contribution in [1.82, 2.24) is 5.32 Å². The zero-order chi connectivity index (χ0) is 14.2. The number of nitrogens with zero attached hydrogens (tertiary/aromatic N) is 1. The first-order chi connectivity index (χ1) is 9.79. The second-order valence-electron chi connectivity index (χ2n) is 6.21. The van der Waals surface area contributed by atoms with Crippen LogP contribution in [-0.4, -0.2) is 13.1 Å². The highest BCUT2D eigenvalue weighted by Gasteiger charge is 2.17. The van der Waals surface area contributed by atoms with Crippen LogP contribution in [0.1, 0.15) is 50.5 Å². The monoisotopic (exact) mass is 270 g/mol. The molecule has 0 aromatic heterocycles. The van der Waals surface area contributed by atoms with Crippen molar-refractivity contribution in [2.24, 2.45) is 11.8 Å². The van der Waals surface area contributed by atoms with Crippen LogP contribution < -0.4 is 5.32 Å². The van der Waals surface area contributed by atoms with E-state index in [1.807, 2.05) is 30.3 Å². The summed E-state index contributed by atoms with van der Waals surface area (Å²) in [6.07, 6.45) is 6.84. The standard InChI is InChI=1S/C18H26N2/c1-15-7-9-16(10-8-15)11-12-20-14-18(13-19)17-5-3-2-4-6-17/h2-6,15-16,18,20H,7-12,14H2,1H3. The van der Waals surface area contributed by atoms with E-state index in [0.717, 1.165) is 30.5 Å². The molecule has 0 bridgehead atoms. The quantitative estimate of drug-likeness (QED) is 0.790. The van der Waals surface area contributed by atoms with Gasteiger partial charge in [0.2, 0.25) is 0 Å². The molecule has 1 saturated carbocycles. The molecule has 1 aromatic carbocycles. The molecule has 1 fully saturated rings. The average Bonchev–Trinajstić information content (AvgIpc) is 2.50. The number of nitriles is 1. The van der Waals surface area contributed by atoms with Crippen molar-refractivity contribution in [1.29, 1.82) is 5.26 Å². The summed E-state index contributed by atoms with van der Waals surface area (Å²) in [7, 11) is 0. The Morgan fingerprint density at radius 2 is 1.90 bits per heavy atom. The molecule has 20 heavy (non-hydrogen) atoms. The van der Waals surface area contributed by atoms with E-state index < -0.39 is 0 Å². The Hall–Kier alpha value is -1.33. The maximum absolute atomic E-state index is 9.27. The summed E-state index contributed by atoms with van der Waals surface area (Å²) in [5.74, 6) is 1.80. The fraction of sp³-hybridized carbons (Fsp3) is 0.611. The third-order valence-corrected chi connectivity index (χ3v) is 4.57. The Kier molecular flexibility index (Phi) is 6.08. The van der Waals surface area contributed by atoms with E-state index in [1.54, 1.807) is 0 Å². The number of nitrogens with one attached hydrogen (secondary N) is 1. The van der Waals surface area contributed by atoms with Gasteiger partial charge >= 0.3 is 0 Å². The summed E-state index contributed by atoms with van der Waals surface area (Å²) < 4.78 is 0. The first kappa shape index (κ1) is 15.1. The van der Waals surface area contributed by atoms with E-state index >= 15 is 0 Å². The van der Waals surface area contributed by atoms with Crippen LogP contribution in [-0.2, 0) is 0 Å². The second kappa shape index (κ2) is 8.07. The molecule has 1 unspecified atom stereocenters. The van der Waals surface area contributed by atoms with Crippen molar-refractivity contribution in [2.45, 2.75) is 44.9 Å². The van der Waals surface area contributed by atoms with Crippen molar-refractivity contribution in [3.63, 3.8) is 0 Å². The van der Waals surface area contributed by atoms with Crippen LogP contribution in [0.15, 0.2) is 30.3 Å². The fourth-order valence-corrected chi connectivity index (χ4v) is 3.09. The van der Waals surface area contributed by atoms with Crippen LogP contribution in [0, 0.1) is 23.2 Å². The molecule has 1 N–H and O–H groups in total. The van der Waals surface area contributed by atoms with Crippen LogP contribution in [0.5, 0.6) is 0 Å². The minimum Gasteiger partial charge on any atom is -0.315 e. The zero-order valence-corrected chi connectivity index (χ0v) is 12.5. The van der Waals surface area contributed by atoms with E-state index in [4.69, 9.17) is 0 Å². The van der Waals surface area contributed by atoms with Gasteiger partial charge in [0, 0.05) is 6.54 Å². The van der Waals surface area contributed by atoms with Crippen LogP contribution in [0.4, 0.5) is 0 Å². The van der Waals surface area contributed by atoms with Gasteiger partial charge in [-0.1, -0.05) is 62.9 Å². The maximum atomic E-state index is 9.27. The van der Waals surface area contributed by atoms with Gasteiger partial charge in [0.25, 0.3) is 0 Å². The molecule has 0 amide bonds. The lowest BCUT2D eigenvalue weighted by Crippen LogP contribution is -2.24. The number of hydrogen-bond donors (Lipinski definition) is 1. The molecule has 1 atom stereocenters. The predicted molar refractivity (Wildman–Crippen MR) is 83.4 cm³/mol. The molecule has 108 valence electrons. The fourth-order valence-electron chi connectivity index (χ4n) is 3.09. The lowest BCUT2D eigenvalue weighted by Gasteiger charge is -2.26. The predicted octanol–water partition coefficient (Wildman–Crippen LogP) is 4.10. The van der Waals surface area contributed by atoms with Gasteiger partial charge in [0.1, 0.15) is 0 Å². The van der Waals surface area contributed by atoms with E-state index in [9.17, 15) is 5.26 Å². The summed E-state index contributed by atoms with van der Waals surface area (Å²) >= 11 is 0. The van der Waals surface area contributed by atoms with Crippen molar-refractivity contribution in [3.05, 3.63) is 35.9 Å². The number of rotatable bonds is 6. The summed E-state index contributed by atoms with van der Waals surface area (Å²) in [5, 5.41) is 12.7. The van der Waals surface area contributed by atoms with Crippen molar-refractivity contribution >= 4 is 0 Å². The van der Waals surface area contributed by atoms with Gasteiger partial charge in [0.05, 0.1) is 12.0 Å². The molecular weight excluding hydrogens is 244 g/mol. The molecule has 1 aliphatic rings. The smallest absolute Gasteiger partial charge is 0.0837 e. The van der Waals surface area contributed by atoms with E-state index in [1.165, 1.54) is 32.1 Å². The van der Waals surface area contributed by atoms with Gasteiger partial charge in [-0.2, -0.15) is 5.26 Å². The van der Waals surface area contributed by atoms with E-state index in [-0.39, 0.29) is 5.92 Å². The molecule has 0 saturated heterocycles. The lowest BCUT2D eigenvalue weighted by molar-refractivity contribution is 0.275. The Morgan fingerprint density at radius 3 is 2.55 bits per heavy atom. The van der Waals surface area contributed by atoms with Crippen molar-refractivity contribution in [3.8, 4) is 6.07 Å². The first-order valence-electron chi connectivity index (χ1n) is 7.95. The molecule has 1 aliphatic carbocycles.